The minimum absolute atomic E-state index is 0.639. The van der Waals surface area contributed by atoms with E-state index in [1.54, 1.807) is 7.11 Å². The zero-order valence-corrected chi connectivity index (χ0v) is 10.1. The van der Waals surface area contributed by atoms with Crippen molar-refractivity contribution >= 4 is 10.9 Å². The topological polar surface area (TPSA) is 40.2 Å². The van der Waals surface area contributed by atoms with Gasteiger partial charge in [-0.3, -0.25) is 0 Å². The summed E-state index contributed by atoms with van der Waals surface area (Å²) in [6.07, 6.45) is 2.14. The van der Waals surface area contributed by atoms with Crippen LogP contribution in [0.15, 0.2) is 18.3 Å². The van der Waals surface area contributed by atoms with Gasteiger partial charge in [-0.1, -0.05) is 0 Å². The van der Waals surface area contributed by atoms with E-state index in [9.17, 15) is 0 Å². The van der Waals surface area contributed by atoms with Crippen LogP contribution in [-0.2, 0) is 6.54 Å². The Morgan fingerprint density at radius 3 is 2.69 bits per heavy atom. The van der Waals surface area contributed by atoms with Crippen LogP contribution in [0.2, 0.25) is 0 Å². The van der Waals surface area contributed by atoms with E-state index < -0.39 is 0 Å². The molecule has 0 amide bonds. The Bertz CT molecular complexity index is 514. The molecule has 0 saturated heterocycles. The van der Waals surface area contributed by atoms with Gasteiger partial charge >= 0.3 is 0 Å². The molecule has 86 valence electrons. The van der Waals surface area contributed by atoms with Gasteiger partial charge in [0.25, 0.3) is 0 Å². The van der Waals surface area contributed by atoms with E-state index in [0.29, 0.717) is 6.54 Å². The van der Waals surface area contributed by atoms with Crippen LogP contribution >= 0.6 is 0 Å². The van der Waals surface area contributed by atoms with Gasteiger partial charge in [0.15, 0.2) is 0 Å². The number of rotatable bonds is 3. The van der Waals surface area contributed by atoms with Crippen LogP contribution in [0.1, 0.15) is 11.1 Å². The fraction of sp³-hybridized carbons (Fsp3) is 0.385. The Hall–Kier alpha value is -1.48. The molecule has 16 heavy (non-hydrogen) atoms. The van der Waals surface area contributed by atoms with Crippen molar-refractivity contribution in [3.8, 4) is 5.75 Å². The maximum absolute atomic E-state index is 5.62. The molecule has 0 fully saturated rings. The van der Waals surface area contributed by atoms with Crippen LogP contribution in [0.25, 0.3) is 10.9 Å². The van der Waals surface area contributed by atoms with Gasteiger partial charge in [-0.25, -0.2) is 0 Å². The molecule has 0 aliphatic rings. The Morgan fingerprint density at radius 1 is 1.31 bits per heavy atom. The molecule has 2 aromatic rings. The summed E-state index contributed by atoms with van der Waals surface area (Å²) >= 11 is 0. The van der Waals surface area contributed by atoms with Crippen LogP contribution in [0.3, 0.4) is 0 Å². The van der Waals surface area contributed by atoms with Gasteiger partial charge in [0.2, 0.25) is 0 Å². The maximum atomic E-state index is 5.62. The quantitative estimate of drug-likeness (QED) is 0.858. The molecule has 0 aliphatic carbocycles. The van der Waals surface area contributed by atoms with Crippen LogP contribution < -0.4 is 10.5 Å². The Kier molecular flexibility index (Phi) is 2.88. The third kappa shape index (κ3) is 1.67. The third-order valence-electron chi connectivity index (χ3n) is 2.87. The van der Waals surface area contributed by atoms with Gasteiger partial charge in [0, 0.05) is 24.7 Å². The number of benzene rings is 1. The predicted molar refractivity (Wildman–Crippen MR) is 67.0 cm³/mol. The summed E-state index contributed by atoms with van der Waals surface area (Å²) in [7, 11) is 1.71. The molecule has 2 N–H and O–H groups in total. The minimum atomic E-state index is 0.639. The Morgan fingerprint density at radius 2 is 2.06 bits per heavy atom. The normalized spacial score (nSPS) is 11.0. The highest BCUT2D eigenvalue weighted by molar-refractivity contribution is 5.89. The molecule has 1 aromatic carbocycles. The van der Waals surface area contributed by atoms with Crippen LogP contribution in [0.4, 0.5) is 0 Å². The van der Waals surface area contributed by atoms with Crippen LogP contribution in [0.5, 0.6) is 5.75 Å². The molecule has 1 heterocycles. The van der Waals surface area contributed by atoms with E-state index in [1.165, 1.54) is 16.5 Å². The molecule has 0 radical (unpaired) electrons. The predicted octanol–water partition coefficient (Wildman–Crippen LogP) is 2.23. The highest BCUT2D eigenvalue weighted by Gasteiger charge is 2.10. The molecule has 0 spiro atoms. The van der Waals surface area contributed by atoms with E-state index in [1.807, 2.05) is 0 Å². The first-order chi connectivity index (χ1) is 7.67. The second-order valence-electron chi connectivity index (χ2n) is 4.16. The SMILES string of the molecule is COc1cc(C)cc2c(C)cn(CCN)c12. The van der Waals surface area contributed by atoms with E-state index in [4.69, 9.17) is 10.5 Å². The van der Waals surface area contributed by atoms with Crippen molar-refractivity contribution < 1.29 is 4.74 Å². The molecule has 0 aliphatic heterocycles. The number of hydrogen-bond acceptors (Lipinski definition) is 2. The summed E-state index contributed by atoms with van der Waals surface area (Å²) in [5.74, 6) is 0.927. The second kappa shape index (κ2) is 4.18. The van der Waals surface area contributed by atoms with Crippen molar-refractivity contribution in [1.29, 1.82) is 0 Å². The van der Waals surface area contributed by atoms with Gasteiger partial charge in [-0.05, 0) is 37.1 Å². The van der Waals surface area contributed by atoms with E-state index in [-0.39, 0.29) is 0 Å². The zero-order chi connectivity index (χ0) is 11.7. The minimum Gasteiger partial charge on any atom is -0.495 e. The maximum Gasteiger partial charge on any atom is 0.143 e. The molecule has 0 bridgehead atoms. The number of nitrogens with zero attached hydrogens (tertiary/aromatic N) is 1. The molecule has 2 rings (SSSR count). The highest BCUT2D eigenvalue weighted by atomic mass is 16.5. The van der Waals surface area contributed by atoms with Gasteiger partial charge in [-0.15, -0.1) is 0 Å². The Labute approximate surface area is 95.8 Å². The smallest absolute Gasteiger partial charge is 0.143 e. The molecule has 3 nitrogen and oxygen atoms in total. The van der Waals surface area contributed by atoms with Crippen molar-refractivity contribution in [3.63, 3.8) is 0 Å². The number of methoxy groups -OCH3 is 1. The molecule has 3 heteroatoms. The van der Waals surface area contributed by atoms with E-state index in [0.717, 1.165) is 17.8 Å². The Balaban J connectivity index is 2.75. The van der Waals surface area contributed by atoms with Crippen LogP contribution in [0, 0.1) is 13.8 Å². The summed E-state index contributed by atoms with van der Waals surface area (Å²) in [5, 5.41) is 1.25. The molecular weight excluding hydrogens is 200 g/mol. The van der Waals surface area contributed by atoms with Crippen molar-refractivity contribution in [3.05, 3.63) is 29.5 Å². The number of hydrogen-bond donors (Lipinski definition) is 1. The average molecular weight is 218 g/mol. The molecular formula is C13H18N2O. The summed E-state index contributed by atoms with van der Waals surface area (Å²) in [5.41, 5.74) is 9.26. The van der Waals surface area contributed by atoms with Crippen LogP contribution in [-0.4, -0.2) is 18.2 Å². The van der Waals surface area contributed by atoms with Crippen molar-refractivity contribution in [2.24, 2.45) is 5.73 Å². The average Bonchev–Trinajstić information content (AvgIpc) is 2.55. The number of aromatic nitrogens is 1. The summed E-state index contributed by atoms with van der Waals surface area (Å²) < 4.78 is 7.62. The third-order valence-corrected chi connectivity index (χ3v) is 2.87. The van der Waals surface area contributed by atoms with E-state index in [2.05, 4.69) is 36.7 Å². The highest BCUT2D eigenvalue weighted by Crippen LogP contribution is 2.30. The largest absolute Gasteiger partial charge is 0.495 e. The lowest BCUT2D eigenvalue weighted by atomic mass is 10.1. The molecule has 0 atom stereocenters. The number of nitrogens with two attached hydrogens (primary N) is 1. The summed E-state index contributed by atoms with van der Waals surface area (Å²) in [6, 6.07) is 4.26. The fourth-order valence-corrected chi connectivity index (χ4v) is 2.18. The van der Waals surface area contributed by atoms with Crippen molar-refractivity contribution in [2.75, 3.05) is 13.7 Å². The number of aryl methyl sites for hydroxylation is 2. The van der Waals surface area contributed by atoms with Gasteiger partial charge in [0.05, 0.1) is 12.6 Å². The fourth-order valence-electron chi connectivity index (χ4n) is 2.18. The lowest BCUT2D eigenvalue weighted by molar-refractivity contribution is 0.417. The molecule has 0 saturated carbocycles. The summed E-state index contributed by atoms with van der Waals surface area (Å²) in [4.78, 5) is 0. The monoisotopic (exact) mass is 218 g/mol. The lowest BCUT2D eigenvalue weighted by Crippen LogP contribution is -2.09. The number of fused-ring (bicyclic) bond motifs is 1. The summed E-state index contributed by atoms with van der Waals surface area (Å²) in [6.45, 7) is 5.67. The van der Waals surface area contributed by atoms with Crippen molar-refractivity contribution in [2.45, 2.75) is 20.4 Å². The first-order valence-corrected chi connectivity index (χ1v) is 5.51. The van der Waals surface area contributed by atoms with E-state index >= 15 is 0 Å². The lowest BCUT2D eigenvalue weighted by Gasteiger charge is -2.08. The molecule has 0 unspecified atom stereocenters. The second-order valence-corrected chi connectivity index (χ2v) is 4.16. The first-order valence-electron chi connectivity index (χ1n) is 5.51. The molecule has 1 aromatic heterocycles. The standard InChI is InChI=1S/C13H18N2O/c1-9-6-11-10(2)8-15(5-4-14)13(11)12(7-9)16-3/h6-8H,4-5,14H2,1-3H3. The van der Waals surface area contributed by atoms with Crippen molar-refractivity contribution in [1.82, 2.24) is 4.57 Å². The first kappa shape index (κ1) is 11.0. The van der Waals surface area contributed by atoms with Gasteiger partial charge in [0.1, 0.15) is 5.75 Å². The zero-order valence-electron chi connectivity index (χ0n) is 10.1. The number of ether oxygens (including phenoxy) is 1. The van der Waals surface area contributed by atoms with Gasteiger partial charge < -0.3 is 15.0 Å². The van der Waals surface area contributed by atoms with Gasteiger partial charge in [-0.2, -0.15) is 0 Å².